The van der Waals surface area contributed by atoms with Crippen molar-refractivity contribution in [3.63, 3.8) is 0 Å². The number of nitrogens with zero attached hydrogens (tertiary/aromatic N) is 3. The first-order chi connectivity index (χ1) is 15.5. The molecule has 2 N–H and O–H groups in total. The second-order valence-corrected chi connectivity index (χ2v) is 6.44. The molecule has 0 aliphatic heterocycles. The number of ether oxygens (including phenoxy) is 3. The normalized spacial score (nSPS) is 10.2. The predicted octanol–water partition coefficient (Wildman–Crippen LogP) is 0.962. The van der Waals surface area contributed by atoms with Crippen LogP contribution in [0.25, 0.3) is 0 Å². The lowest BCUT2D eigenvalue weighted by atomic mass is 10.2. The van der Waals surface area contributed by atoms with E-state index in [9.17, 15) is 14.4 Å². The Morgan fingerprint density at radius 1 is 0.969 bits per heavy atom. The van der Waals surface area contributed by atoms with Crippen molar-refractivity contribution in [3.8, 4) is 11.5 Å². The molecule has 2 aromatic carbocycles. The van der Waals surface area contributed by atoms with E-state index in [0.29, 0.717) is 18.0 Å². The summed E-state index contributed by atoms with van der Waals surface area (Å²) >= 11 is 0. The van der Waals surface area contributed by atoms with Crippen LogP contribution in [0.3, 0.4) is 0 Å². The average molecular weight is 439 g/mol. The van der Waals surface area contributed by atoms with Gasteiger partial charge in [0.2, 0.25) is 0 Å². The van der Waals surface area contributed by atoms with E-state index in [1.807, 2.05) is 30.3 Å². The minimum Gasteiger partial charge on any atom is -0.493 e. The van der Waals surface area contributed by atoms with Crippen LogP contribution in [0.4, 0.5) is 0 Å². The maximum atomic E-state index is 12.2. The van der Waals surface area contributed by atoms with Gasteiger partial charge < -0.3 is 14.2 Å². The van der Waals surface area contributed by atoms with Crippen molar-refractivity contribution in [3.05, 3.63) is 71.5 Å². The summed E-state index contributed by atoms with van der Waals surface area (Å²) in [6.45, 7) is -0.180. The molecule has 0 fully saturated rings. The fourth-order valence-electron chi connectivity index (χ4n) is 2.66. The van der Waals surface area contributed by atoms with E-state index in [-0.39, 0.29) is 11.3 Å². The van der Waals surface area contributed by atoms with Gasteiger partial charge in [0, 0.05) is 5.56 Å². The molecule has 0 aliphatic carbocycles. The van der Waals surface area contributed by atoms with E-state index in [1.54, 1.807) is 6.07 Å². The van der Waals surface area contributed by atoms with Crippen LogP contribution in [0.1, 0.15) is 26.4 Å². The zero-order chi connectivity index (χ0) is 22.9. The third-order valence-electron chi connectivity index (χ3n) is 4.23. The Hall–Kier alpha value is -4.41. The van der Waals surface area contributed by atoms with Crippen molar-refractivity contribution in [1.29, 1.82) is 0 Å². The summed E-state index contributed by atoms with van der Waals surface area (Å²) in [7, 11) is 2.92. The highest BCUT2D eigenvalue weighted by molar-refractivity contribution is 5.96. The molecule has 0 radical (unpaired) electrons. The highest BCUT2D eigenvalue weighted by Gasteiger charge is 2.16. The molecule has 1 aromatic heterocycles. The van der Waals surface area contributed by atoms with Crippen molar-refractivity contribution < 1.29 is 28.6 Å². The van der Waals surface area contributed by atoms with E-state index >= 15 is 0 Å². The molecule has 0 unspecified atom stereocenters. The van der Waals surface area contributed by atoms with E-state index in [2.05, 4.69) is 21.2 Å². The Balaban J connectivity index is 1.45. The average Bonchev–Trinajstić information content (AvgIpc) is 3.29. The van der Waals surface area contributed by atoms with Crippen molar-refractivity contribution in [2.45, 2.75) is 6.54 Å². The van der Waals surface area contributed by atoms with Crippen LogP contribution >= 0.6 is 0 Å². The molecular weight excluding hydrogens is 418 g/mol. The molecule has 166 valence electrons. The van der Waals surface area contributed by atoms with E-state index in [4.69, 9.17) is 14.2 Å². The molecule has 0 aliphatic rings. The molecular formula is C21H21N5O6. The molecule has 0 saturated carbocycles. The minimum absolute atomic E-state index is 0.0388. The second kappa shape index (κ2) is 10.6. The van der Waals surface area contributed by atoms with Crippen molar-refractivity contribution >= 4 is 17.8 Å². The molecule has 11 heteroatoms. The van der Waals surface area contributed by atoms with Gasteiger partial charge in [-0.25, -0.2) is 9.48 Å². The lowest BCUT2D eigenvalue weighted by Crippen LogP contribution is -2.43. The van der Waals surface area contributed by atoms with Crippen molar-refractivity contribution in [2.75, 3.05) is 20.8 Å². The van der Waals surface area contributed by atoms with E-state index in [0.717, 1.165) is 5.56 Å². The highest BCUT2D eigenvalue weighted by Crippen LogP contribution is 2.27. The number of hydrogen-bond donors (Lipinski definition) is 2. The maximum Gasteiger partial charge on any atom is 0.361 e. The van der Waals surface area contributed by atoms with Crippen LogP contribution < -0.4 is 20.3 Å². The number of rotatable bonds is 8. The lowest BCUT2D eigenvalue weighted by Gasteiger charge is -2.10. The molecule has 3 aromatic rings. The van der Waals surface area contributed by atoms with Crippen LogP contribution in [0, 0.1) is 0 Å². The first-order valence-corrected chi connectivity index (χ1v) is 9.42. The summed E-state index contributed by atoms with van der Waals surface area (Å²) in [6, 6.07) is 14.0. The summed E-state index contributed by atoms with van der Waals surface area (Å²) in [5.41, 5.74) is 5.57. The molecule has 1 heterocycles. The Kier molecular flexibility index (Phi) is 7.36. The number of hydrazine groups is 1. The van der Waals surface area contributed by atoms with Gasteiger partial charge in [-0.1, -0.05) is 35.5 Å². The predicted molar refractivity (Wildman–Crippen MR) is 111 cm³/mol. The standard InChI is InChI=1S/C21H21N5O6/c1-30-17-9-8-15(10-18(17)31-2)20(28)24-23-19(27)13-32-21(29)16-12-26(25-22-16)11-14-6-4-3-5-7-14/h3-10,12H,11,13H2,1-2H3,(H,23,27)(H,24,28). The number of aromatic nitrogens is 3. The smallest absolute Gasteiger partial charge is 0.361 e. The van der Waals surface area contributed by atoms with Crippen LogP contribution in [-0.2, 0) is 16.1 Å². The summed E-state index contributed by atoms with van der Waals surface area (Å²) in [6.07, 6.45) is 1.42. The third kappa shape index (κ3) is 5.81. The largest absolute Gasteiger partial charge is 0.493 e. The van der Waals surface area contributed by atoms with Crippen LogP contribution in [0.2, 0.25) is 0 Å². The minimum atomic E-state index is -0.814. The monoisotopic (exact) mass is 439 g/mol. The Bertz CT molecular complexity index is 1100. The van der Waals surface area contributed by atoms with Crippen molar-refractivity contribution in [1.82, 2.24) is 25.8 Å². The van der Waals surface area contributed by atoms with Crippen LogP contribution in [0.15, 0.2) is 54.7 Å². The number of methoxy groups -OCH3 is 2. The van der Waals surface area contributed by atoms with Gasteiger partial charge in [0.05, 0.1) is 27.0 Å². The van der Waals surface area contributed by atoms with Gasteiger partial charge >= 0.3 is 5.97 Å². The molecule has 11 nitrogen and oxygen atoms in total. The highest BCUT2D eigenvalue weighted by atomic mass is 16.5. The zero-order valence-electron chi connectivity index (χ0n) is 17.4. The first-order valence-electron chi connectivity index (χ1n) is 9.42. The van der Waals surface area contributed by atoms with Gasteiger partial charge in [0.25, 0.3) is 11.8 Å². The number of hydrogen-bond acceptors (Lipinski definition) is 8. The Labute approximate surface area is 183 Å². The van der Waals surface area contributed by atoms with E-state index < -0.39 is 24.4 Å². The number of carbonyl (C=O) groups excluding carboxylic acids is 3. The summed E-state index contributed by atoms with van der Waals surface area (Å²) in [5.74, 6) is -1.31. The lowest BCUT2D eigenvalue weighted by molar-refractivity contribution is -0.125. The number of benzene rings is 2. The summed E-state index contributed by atoms with van der Waals surface area (Å²) in [5, 5.41) is 7.62. The molecule has 0 spiro atoms. The molecule has 0 bridgehead atoms. The Morgan fingerprint density at radius 2 is 1.72 bits per heavy atom. The number of carbonyl (C=O) groups is 3. The van der Waals surface area contributed by atoms with E-state index in [1.165, 1.54) is 37.2 Å². The maximum absolute atomic E-state index is 12.2. The number of esters is 1. The summed E-state index contributed by atoms with van der Waals surface area (Å²) < 4.78 is 16.6. The quantitative estimate of drug-likeness (QED) is 0.392. The van der Waals surface area contributed by atoms with Gasteiger partial charge in [0.1, 0.15) is 0 Å². The van der Waals surface area contributed by atoms with Gasteiger partial charge in [-0.15, -0.1) is 5.10 Å². The fourth-order valence-corrected chi connectivity index (χ4v) is 2.66. The van der Waals surface area contributed by atoms with Gasteiger partial charge in [0.15, 0.2) is 23.8 Å². The zero-order valence-corrected chi connectivity index (χ0v) is 17.4. The fraction of sp³-hybridized carbons (Fsp3) is 0.190. The Morgan fingerprint density at radius 3 is 2.44 bits per heavy atom. The third-order valence-corrected chi connectivity index (χ3v) is 4.23. The second-order valence-electron chi connectivity index (χ2n) is 6.44. The molecule has 0 saturated heterocycles. The molecule has 3 rings (SSSR count). The molecule has 2 amide bonds. The van der Waals surface area contributed by atoms with Gasteiger partial charge in [-0.2, -0.15) is 0 Å². The van der Waals surface area contributed by atoms with Crippen LogP contribution in [-0.4, -0.2) is 53.6 Å². The topological polar surface area (TPSA) is 134 Å². The van der Waals surface area contributed by atoms with Crippen LogP contribution in [0.5, 0.6) is 11.5 Å². The molecule has 0 atom stereocenters. The molecule has 32 heavy (non-hydrogen) atoms. The number of amides is 2. The first kappa shape index (κ1) is 22.3. The number of nitrogens with one attached hydrogen (secondary N) is 2. The SMILES string of the molecule is COc1ccc(C(=O)NNC(=O)COC(=O)c2cn(Cc3ccccc3)nn2)cc1OC. The van der Waals surface area contributed by atoms with Crippen molar-refractivity contribution in [2.24, 2.45) is 0 Å². The summed E-state index contributed by atoms with van der Waals surface area (Å²) in [4.78, 5) is 36.1. The van der Waals surface area contributed by atoms with Gasteiger partial charge in [-0.3, -0.25) is 20.4 Å². The van der Waals surface area contributed by atoms with Gasteiger partial charge in [-0.05, 0) is 23.8 Å².